The number of aromatic carboxylic acids is 1. The average molecular weight is 344 g/mol. The van der Waals surface area contributed by atoms with Gasteiger partial charge in [0.25, 0.3) is 5.91 Å². The van der Waals surface area contributed by atoms with Crippen LogP contribution in [0, 0.1) is 0 Å². The largest absolute Gasteiger partial charge is 0.543 e. The van der Waals surface area contributed by atoms with Crippen LogP contribution in [0.3, 0.4) is 0 Å². The van der Waals surface area contributed by atoms with Gasteiger partial charge in [-0.2, -0.15) is 0 Å². The second-order valence-corrected chi connectivity index (χ2v) is 5.21. The number of ether oxygens (including phenoxy) is 2. The van der Waals surface area contributed by atoms with E-state index in [4.69, 9.17) is 9.47 Å². The second kappa shape index (κ2) is 8.09. The molecule has 1 heterocycles. The van der Waals surface area contributed by atoms with Crippen molar-refractivity contribution < 1.29 is 24.2 Å². The Labute approximate surface area is 145 Å². The monoisotopic (exact) mass is 344 g/mol. The summed E-state index contributed by atoms with van der Waals surface area (Å²) in [5.74, 6) is -0.853. The van der Waals surface area contributed by atoms with Gasteiger partial charge in [0.05, 0.1) is 20.2 Å². The molecular formula is C17H18N3O5-. The zero-order valence-electron chi connectivity index (χ0n) is 14.2. The van der Waals surface area contributed by atoms with Crippen LogP contribution in [0.4, 0.5) is 0 Å². The van der Waals surface area contributed by atoms with Crippen molar-refractivity contribution in [3.8, 4) is 11.5 Å². The summed E-state index contributed by atoms with van der Waals surface area (Å²) in [5.41, 5.74) is 0.236. The molecule has 0 aliphatic carbocycles. The van der Waals surface area contributed by atoms with E-state index in [1.165, 1.54) is 17.3 Å². The van der Waals surface area contributed by atoms with Crippen molar-refractivity contribution in [3.05, 3.63) is 47.5 Å². The maximum atomic E-state index is 12.4. The summed E-state index contributed by atoms with van der Waals surface area (Å²) in [7, 11) is 4.67. The van der Waals surface area contributed by atoms with Gasteiger partial charge in [0, 0.05) is 26.0 Å². The highest BCUT2D eigenvalue weighted by molar-refractivity contribution is 6.01. The number of nitrogens with zero attached hydrogens (tertiary/aromatic N) is 3. The highest BCUT2D eigenvalue weighted by Gasteiger charge is 2.19. The molecule has 0 aliphatic heterocycles. The number of aromatic nitrogens is 2. The lowest BCUT2D eigenvalue weighted by molar-refractivity contribution is -0.255. The summed E-state index contributed by atoms with van der Waals surface area (Å²) in [4.78, 5) is 32.3. The van der Waals surface area contributed by atoms with E-state index in [1.807, 2.05) is 12.1 Å². The second-order valence-electron chi connectivity index (χ2n) is 5.21. The average Bonchev–Trinajstić information content (AvgIpc) is 2.65. The third kappa shape index (κ3) is 4.23. The van der Waals surface area contributed by atoms with Gasteiger partial charge in [-0.05, 0) is 24.1 Å². The van der Waals surface area contributed by atoms with Crippen LogP contribution in [-0.2, 0) is 6.42 Å². The Kier molecular flexibility index (Phi) is 5.89. The predicted octanol–water partition coefficient (Wildman–Crippen LogP) is 0.172. The molecule has 0 saturated heterocycles. The molecule has 0 unspecified atom stereocenters. The first kappa shape index (κ1) is 18.2. The van der Waals surface area contributed by atoms with Crippen molar-refractivity contribution in [2.75, 3.05) is 27.8 Å². The molecule has 0 radical (unpaired) electrons. The summed E-state index contributed by atoms with van der Waals surface area (Å²) in [6.07, 6.45) is 3.01. The number of carbonyl (C=O) groups is 2. The summed E-state index contributed by atoms with van der Waals surface area (Å²) >= 11 is 0. The van der Waals surface area contributed by atoms with Gasteiger partial charge in [0.15, 0.2) is 17.2 Å². The lowest BCUT2D eigenvalue weighted by Gasteiger charge is -2.18. The van der Waals surface area contributed by atoms with Crippen molar-refractivity contribution in [3.63, 3.8) is 0 Å². The molecule has 0 fully saturated rings. The predicted molar refractivity (Wildman–Crippen MR) is 86.6 cm³/mol. The van der Waals surface area contributed by atoms with Crippen LogP contribution in [0.15, 0.2) is 30.6 Å². The standard InChI is InChI=1S/C17H19N3O5/c1-20(16(21)14-15(17(22)23)19-8-7-18-14)9-6-11-4-5-12(24-2)13(10-11)25-3/h4-5,7-8,10H,6,9H2,1-3H3,(H,22,23)/p-1. The maximum absolute atomic E-state index is 12.4. The Balaban J connectivity index is 2.09. The molecule has 25 heavy (non-hydrogen) atoms. The zero-order chi connectivity index (χ0) is 18.4. The minimum atomic E-state index is -1.54. The quantitative estimate of drug-likeness (QED) is 0.705. The number of carboxylic acids is 1. The first-order chi connectivity index (χ1) is 12.0. The molecule has 0 saturated carbocycles. The fourth-order valence-electron chi connectivity index (χ4n) is 2.26. The number of carbonyl (C=O) groups excluding carboxylic acids is 2. The number of likely N-dealkylation sites (N-methyl/N-ethyl adjacent to an activating group) is 1. The first-order valence-electron chi connectivity index (χ1n) is 7.46. The molecule has 0 aliphatic rings. The number of methoxy groups -OCH3 is 2. The highest BCUT2D eigenvalue weighted by Crippen LogP contribution is 2.27. The molecule has 0 N–H and O–H groups in total. The maximum Gasteiger partial charge on any atom is 0.274 e. The minimum absolute atomic E-state index is 0.239. The molecule has 0 bridgehead atoms. The Morgan fingerprint density at radius 3 is 2.32 bits per heavy atom. The van der Waals surface area contributed by atoms with E-state index in [9.17, 15) is 14.7 Å². The van der Waals surface area contributed by atoms with Crippen molar-refractivity contribution in [1.82, 2.24) is 14.9 Å². The summed E-state index contributed by atoms with van der Waals surface area (Å²) < 4.78 is 10.4. The molecule has 0 atom stereocenters. The Bertz CT molecular complexity index is 779. The van der Waals surface area contributed by atoms with Crippen molar-refractivity contribution in [1.29, 1.82) is 0 Å². The van der Waals surface area contributed by atoms with Crippen LogP contribution in [0.1, 0.15) is 26.5 Å². The minimum Gasteiger partial charge on any atom is -0.543 e. The zero-order valence-corrected chi connectivity index (χ0v) is 14.2. The van der Waals surface area contributed by atoms with E-state index in [-0.39, 0.29) is 5.69 Å². The molecule has 2 rings (SSSR count). The van der Waals surface area contributed by atoms with Crippen LogP contribution in [-0.4, -0.2) is 54.6 Å². The number of rotatable bonds is 7. The summed E-state index contributed by atoms with van der Waals surface area (Å²) in [6.45, 7) is 0.359. The van der Waals surface area contributed by atoms with E-state index < -0.39 is 17.6 Å². The smallest absolute Gasteiger partial charge is 0.274 e. The van der Waals surface area contributed by atoms with E-state index >= 15 is 0 Å². The van der Waals surface area contributed by atoms with Crippen LogP contribution in [0.2, 0.25) is 0 Å². The lowest BCUT2D eigenvalue weighted by atomic mass is 10.1. The third-order valence-electron chi connectivity index (χ3n) is 3.62. The summed E-state index contributed by atoms with van der Waals surface area (Å²) in [5, 5.41) is 11.0. The van der Waals surface area contributed by atoms with E-state index in [0.29, 0.717) is 24.5 Å². The molecule has 8 heteroatoms. The molecular weight excluding hydrogens is 326 g/mol. The Morgan fingerprint density at radius 1 is 1.08 bits per heavy atom. The molecule has 0 spiro atoms. The normalized spacial score (nSPS) is 10.2. The Hall–Kier alpha value is -3.16. The van der Waals surface area contributed by atoms with Crippen molar-refractivity contribution >= 4 is 11.9 Å². The molecule has 2 aromatic rings. The number of carboxylic acid groups (broad SMARTS) is 1. The van der Waals surface area contributed by atoms with Crippen LogP contribution >= 0.6 is 0 Å². The fourth-order valence-corrected chi connectivity index (χ4v) is 2.26. The van der Waals surface area contributed by atoms with Gasteiger partial charge < -0.3 is 24.3 Å². The van der Waals surface area contributed by atoms with Crippen LogP contribution < -0.4 is 14.6 Å². The van der Waals surface area contributed by atoms with Gasteiger partial charge in [0.1, 0.15) is 5.69 Å². The van der Waals surface area contributed by atoms with E-state index in [1.54, 1.807) is 27.3 Å². The van der Waals surface area contributed by atoms with E-state index in [0.717, 1.165) is 5.56 Å². The number of amides is 1. The molecule has 132 valence electrons. The fraction of sp³-hybridized carbons (Fsp3) is 0.294. The van der Waals surface area contributed by atoms with E-state index in [2.05, 4.69) is 9.97 Å². The topological polar surface area (TPSA) is 105 Å². The van der Waals surface area contributed by atoms with Gasteiger partial charge in [-0.3, -0.25) is 9.78 Å². The van der Waals surface area contributed by atoms with Crippen LogP contribution in [0.5, 0.6) is 11.5 Å². The van der Waals surface area contributed by atoms with Crippen molar-refractivity contribution in [2.24, 2.45) is 0 Å². The van der Waals surface area contributed by atoms with Crippen LogP contribution in [0.25, 0.3) is 0 Å². The molecule has 1 amide bonds. The number of hydrogen-bond acceptors (Lipinski definition) is 7. The van der Waals surface area contributed by atoms with Gasteiger partial charge >= 0.3 is 0 Å². The number of benzene rings is 1. The SMILES string of the molecule is COc1ccc(CCN(C)C(=O)c2nccnc2C(=O)[O-])cc1OC. The lowest BCUT2D eigenvalue weighted by Crippen LogP contribution is -2.34. The van der Waals surface area contributed by atoms with Gasteiger partial charge in [-0.25, -0.2) is 4.98 Å². The first-order valence-corrected chi connectivity index (χ1v) is 7.46. The van der Waals surface area contributed by atoms with Crippen molar-refractivity contribution in [2.45, 2.75) is 6.42 Å². The van der Waals surface area contributed by atoms with Gasteiger partial charge in [0.2, 0.25) is 0 Å². The molecule has 1 aromatic carbocycles. The summed E-state index contributed by atoms with van der Waals surface area (Å²) in [6, 6.07) is 5.48. The molecule has 1 aromatic heterocycles. The molecule has 8 nitrogen and oxygen atoms in total. The Morgan fingerprint density at radius 2 is 1.72 bits per heavy atom. The third-order valence-corrected chi connectivity index (χ3v) is 3.62. The highest BCUT2D eigenvalue weighted by atomic mass is 16.5. The van der Waals surface area contributed by atoms with Gasteiger partial charge in [-0.1, -0.05) is 6.07 Å². The van der Waals surface area contributed by atoms with Gasteiger partial charge in [-0.15, -0.1) is 0 Å². The number of hydrogen-bond donors (Lipinski definition) is 0.